The van der Waals surface area contributed by atoms with E-state index in [2.05, 4.69) is 39.8 Å². The minimum atomic E-state index is 0.887. The first-order chi connectivity index (χ1) is 9.29. The molecule has 1 aliphatic heterocycles. The van der Waals surface area contributed by atoms with E-state index < -0.39 is 0 Å². The summed E-state index contributed by atoms with van der Waals surface area (Å²) in [7, 11) is 0. The Bertz CT molecular complexity index is 353. The van der Waals surface area contributed by atoms with Crippen molar-refractivity contribution < 1.29 is 0 Å². The first-order valence-electron chi connectivity index (χ1n) is 7.70. The Morgan fingerprint density at radius 2 is 2.11 bits per heavy atom. The zero-order valence-corrected chi connectivity index (χ0v) is 12.4. The van der Waals surface area contributed by atoms with Crippen LogP contribution in [0, 0.1) is 12.8 Å². The zero-order valence-electron chi connectivity index (χ0n) is 12.4. The Morgan fingerprint density at radius 3 is 2.74 bits per heavy atom. The van der Waals surface area contributed by atoms with Gasteiger partial charge in [-0.3, -0.25) is 0 Å². The third kappa shape index (κ3) is 4.62. The number of rotatable bonds is 7. The van der Waals surface area contributed by atoms with Crippen LogP contribution in [0.3, 0.4) is 0 Å². The molecular weight excluding hydrogens is 236 g/mol. The average Bonchev–Trinajstić information content (AvgIpc) is 2.84. The Labute approximate surface area is 117 Å². The van der Waals surface area contributed by atoms with E-state index in [-0.39, 0.29) is 0 Å². The molecule has 108 valence electrons. The molecule has 2 rings (SSSR count). The maximum atomic E-state index is 4.27. The molecule has 1 aromatic heterocycles. The quantitative estimate of drug-likeness (QED) is 0.764. The summed E-state index contributed by atoms with van der Waals surface area (Å²) in [5.41, 5.74) is 0. The molecule has 2 heterocycles. The first kappa shape index (κ1) is 14.5. The Hall–Kier alpha value is -0.870. The number of hydrogen-bond acceptors (Lipinski definition) is 3. The van der Waals surface area contributed by atoms with Crippen molar-refractivity contribution in [1.29, 1.82) is 0 Å². The van der Waals surface area contributed by atoms with Gasteiger partial charge < -0.3 is 14.8 Å². The predicted molar refractivity (Wildman–Crippen MR) is 79.3 cm³/mol. The van der Waals surface area contributed by atoms with E-state index >= 15 is 0 Å². The average molecular weight is 264 g/mol. The van der Waals surface area contributed by atoms with Crippen LogP contribution in [0.25, 0.3) is 0 Å². The lowest BCUT2D eigenvalue weighted by Gasteiger charge is -2.32. The standard InChI is InChI=1S/C15H28N4/c1-3-6-16-13-15-4-8-18(9-5-15)11-12-19-10-7-17-14(19)2/h7,10,15-16H,3-6,8-9,11-13H2,1-2H3. The van der Waals surface area contributed by atoms with Crippen molar-refractivity contribution in [2.45, 2.75) is 39.7 Å². The van der Waals surface area contributed by atoms with Crippen molar-refractivity contribution in [2.24, 2.45) is 5.92 Å². The number of aromatic nitrogens is 2. The van der Waals surface area contributed by atoms with Gasteiger partial charge >= 0.3 is 0 Å². The molecule has 4 heteroatoms. The molecule has 0 spiro atoms. The second kappa shape index (κ2) is 7.65. The molecule has 0 aliphatic carbocycles. The van der Waals surface area contributed by atoms with E-state index in [4.69, 9.17) is 0 Å². The number of imidazole rings is 1. The lowest BCUT2D eigenvalue weighted by Crippen LogP contribution is -2.38. The first-order valence-corrected chi connectivity index (χ1v) is 7.70. The summed E-state index contributed by atoms with van der Waals surface area (Å²) in [5, 5.41) is 3.55. The fourth-order valence-electron chi connectivity index (χ4n) is 2.79. The van der Waals surface area contributed by atoms with Crippen LogP contribution in [0.4, 0.5) is 0 Å². The van der Waals surface area contributed by atoms with Crippen molar-refractivity contribution in [2.75, 3.05) is 32.7 Å². The van der Waals surface area contributed by atoms with Gasteiger partial charge in [0.1, 0.15) is 5.82 Å². The van der Waals surface area contributed by atoms with Crippen LogP contribution in [-0.2, 0) is 6.54 Å². The lowest BCUT2D eigenvalue weighted by molar-refractivity contribution is 0.177. The van der Waals surface area contributed by atoms with E-state index in [0.29, 0.717) is 0 Å². The second-order valence-electron chi connectivity index (χ2n) is 5.66. The SMILES string of the molecule is CCCNCC1CCN(CCn2ccnc2C)CC1. The highest BCUT2D eigenvalue weighted by Crippen LogP contribution is 2.16. The molecule has 1 aliphatic rings. The molecular formula is C15H28N4. The van der Waals surface area contributed by atoms with E-state index in [9.17, 15) is 0 Å². The van der Waals surface area contributed by atoms with E-state index in [1.807, 2.05) is 6.20 Å². The molecule has 0 radical (unpaired) electrons. The smallest absolute Gasteiger partial charge is 0.105 e. The van der Waals surface area contributed by atoms with Crippen LogP contribution in [0.5, 0.6) is 0 Å². The molecule has 1 saturated heterocycles. The number of nitrogens with zero attached hydrogens (tertiary/aromatic N) is 3. The lowest BCUT2D eigenvalue weighted by atomic mass is 9.97. The molecule has 0 saturated carbocycles. The molecule has 1 aromatic rings. The van der Waals surface area contributed by atoms with E-state index in [1.165, 1.54) is 45.4 Å². The second-order valence-corrected chi connectivity index (χ2v) is 5.66. The predicted octanol–water partition coefficient (Wildman–Crippen LogP) is 1.90. The summed E-state index contributed by atoms with van der Waals surface area (Å²) >= 11 is 0. The van der Waals surface area contributed by atoms with Crippen LogP contribution in [-0.4, -0.2) is 47.2 Å². The summed E-state index contributed by atoms with van der Waals surface area (Å²) in [6.07, 6.45) is 7.90. The van der Waals surface area contributed by atoms with Crippen molar-refractivity contribution in [3.05, 3.63) is 18.2 Å². The highest BCUT2D eigenvalue weighted by atomic mass is 15.2. The van der Waals surface area contributed by atoms with E-state index in [0.717, 1.165) is 24.8 Å². The molecule has 0 bridgehead atoms. The van der Waals surface area contributed by atoms with Gasteiger partial charge in [0.25, 0.3) is 0 Å². The van der Waals surface area contributed by atoms with Gasteiger partial charge in [0.15, 0.2) is 0 Å². The highest BCUT2D eigenvalue weighted by Gasteiger charge is 2.18. The molecule has 4 nitrogen and oxygen atoms in total. The van der Waals surface area contributed by atoms with Crippen molar-refractivity contribution >= 4 is 0 Å². The van der Waals surface area contributed by atoms with Crippen molar-refractivity contribution in [3.8, 4) is 0 Å². The van der Waals surface area contributed by atoms with Gasteiger partial charge in [-0.2, -0.15) is 0 Å². The number of aryl methyl sites for hydroxylation is 1. The van der Waals surface area contributed by atoms with Gasteiger partial charge in [-0.05, 0) is 58.3 Å². The number of piperidine rings is 1. The van der Waals surface area contributed by atoms with Crippen LogP contribution in [0.2, 0.25) is 0 Å². The number of nitrogens with one attached hydrogen (secondary N) is 1. The molecule has 0 amide bonds. The number of hydrogen-bond donors (Lipinski definition) is 1. The Balaban J connectivity index is 1.62. The van der Waals surface area contributed by atoms with Gasteiger partial charge in [-0.15, -0.1) is 0 Å². The highest BCUT2D eigenvalue weighted by molar-refractivity contribution is 4.88. The van der Waals surface area contributed by atoms with Crippen LogP contribution < -0.4 is 5.32 Å². The van der Waals surface area contributed by atoms with Gasteiger partial charge in [-0.1, -0.05) is 6.92 Å². The van der Waals surface area contributed by atoms with Gasteiger partial charge in [0, 0.05) is 25.5 Å². The van der Waals surface area contributed by atoms with Crippen molar-refractivity contribution in [1.82, 2.24) is 19.8 Å². The van der Waals surface area contributed by atoms with E-state index in [1.54, 1.807) is 0 Å². The minimum absolute atomic E-state index is 0.887. The van der Waals surface area contributed by atoms with Crippen molar-refractivity contribution in [3.63, 3.8) is 0 Å². The van der Waals surface area contributed by atoms with Crippen LogP contribution in [0.1, 0.15) is 32.0 Å². The van der Waals surface area contributed by atoms with Gasteiger partial charge in [-0.25, -0.2) is 4.98 Å². The summed E-state index contributed by atoms with van der Waals surface area (Å²) in [6.45, 7) is 11.4. The third-order valence-electron chi connectivity index (χ3n) is 4.15. The topological polar surface area (TPSA) is 33.1 Å². The molecule has 19 heavy (non-hydrogen) atoms. The molecule has 0 unspecified atom stereocenters. The summed E-state index contributed by atoms with van der Waals surface area (Å²) in [5.74, 6) is 2.01. The Kier molecular flexibility index (Phi) is 5.86. The van der Waals surface area contributed by atoms with Crippen LogP contribution >= 0.6 is 0 Å². The minimum Gasteiger partial charge on any atom is -0.334 e. The molecule has 0 aromatic carbocycles. The molecule has 1 N–H and O–H groups in total. The largest absolute Gasteiger partial charge is 0.334 e. The third-order valence-corrected chi connectivity index (χ3v) is 4.15. The van der Waals surface area contributed by atoms with Gasteiger partial charge in [0.05, 0.1) is 0 Å². The maximum Gasteiger partial charge on any atom is 0.105 e. The molecule has 0 atom stereocenters. The maximum absolute atomic E-state index is 4.27. The normalized spacial score (nSPS) is 18.0. The fraction of sp³-hybridized carbons (Fsp3) is 0.800. The molecule has 1 fully saturated rings. The number of likely N-dealkylation sites (tertiary alicyclic amines) is 1. The summed E-state index contributed by atoms with van der Waals surface area (Å²) in [4.78, 5) is 6.86. The van der Waals surface area contributed by atoms with Crippen LogP contribution in [0.15, 0.2) is 12.4 Å². The summed E-state index contributed by atoms with van der Waals surface area (Å²) < 4.78 is 2.24. The monoisotopic (exact) mass is 264 g/mol. The Morgan fingerprint density at radius 1 is 1.32 bits per heavy atom. The zero-order chi connectivity index (χ0) is 13.5. The summed E-state index contributed by atoms with van der Waals surface area (Å²) in [6, 6.07) is 0. The van der Waals surface area contributed by atoms with Gasteiger partial charge in [0.2, 0.25) is 0 Å². The fourth-order valence-corrected chi connectivity index (χ4v) is 2.79.